The Morgan fingerprint density at radius 2 is 1.77 bits per heavy atom. The van der Waals surface area contributed by atoms with Crippen LogP contribution in [0.4, 0.5) is 0 Å². The number of ether oxygens (including phenoxy) is 2. The van der Waals surface area contributed by atoms with Crippen molar-refractivity contribution in [3.63, 3.8) is 0 Å². The number of ketones is 1. The molecule has 0 unspecified atom stereocenters. The van der Waals surface area contributed by atoms with E-state index in [1.165, 1.54) is 0 Å². The average Bonchev–Trinajstić information content (AvgIpc) is 3.05. The second kappa shape index (κ2) is 8.80. The second-order valence-corrected chi connectivity index (χ2v) is 7.10. The number of fused-ring (bicyclic) bond motifs is 1. The molecule has 0 N–H and O–H groups in total. The Labute approximate surface area is 179 Å². The van der Waals surface area contributed by atoms with Gasteiger partial charge in [-0.15, -0.1) is 0 Å². The maximum atomic E-state index is 12.5. The van der Waals surface area contributed by atoms with E-state index in [4.69, 9.17) is 21.1 Å². The fourth-order valence-corrected chi connectivity index (χ4v) is 3.12. The number of carbonyl (C=O) groups is 2. The Kier molecular flexibility index (Phi) is 5.77. The molecule has 4 nitrogen and oxygen atoms in total. The van der Waals surface area contributed by atoms with Crippen molar-refractivity contribution in [1.82, 2.24) is 0 Å². The lowest BCUT2D eigenvalue weighted by Gasteiger charge is -2.06. The largest absolute Gasteiger partial charge is 0.452 e. The van der Waals surface area contributed by atoms with Crippen molar-refractivity contribution in [3.8, 4) is 11.5 Å². The first-order chi connectivity index (χ1) is 14.6. The number of esters is 1. The SMILES string of the molecule is O=C(Cc1ccc(Cl)cc1)Oc1ccc2c(c1)O/C(=C\C=C\c1ccccc1)C2=O. The molecule has 0 spiro atoms. The Morgan fingerprint density at radius 3 is 2.53 bits per heavy atom. The first-order valence-electron chi connectivity index (χ1n) is 9.33. The van der Waals surface area contributed by atoms with Crippen LogP contribution in [0.5, 0.6) is 11.5 Å². The van der Waals surface area contributed by atoms with Crippen molar-refractivity contribution in [2.45, 2.75) is 6.42 Å². The molecule has 30 heavy (non-hydrogen) atoms. The van der Waals surface area contributed by atoms with Crippen LogP contribution in [0.1, 0.15) is 21.5 Å². The number of Topliss-reactive ketones (excluding diaryl/α,β-unsaturated/α-hetero) is 1. The van der Waals surface area contributed by atoms with E-state index in [1.54, 1.807) is 54.6 Å². The summed E-state index contributed by atoms with van der Waals surface area (Å²) in [6.45, 7) is 0. The maximum absolute atomic E-state index is 12.5. The summed E-state index contributed by atoms with van der Waals surface area (Å²) in [5.74, 6) is 0.296. The number of hydrogen-bond acceptors (Lipinski definition) is 4. The highest BCUT2D eigenvalue weighted by Gasteiger charge is 2.27. The lowest BCUT2D eigenvalue weighted by molar-refractivity contribution is -0.133. The van der Waals surface area contributed by atoms with Crippen molar-refractivity contribution in [2.75, 3.05) is 0 Å². The summed E-state index contributed by atoms with van der Waals surface area (Å²) in [6, 6.07) is 21.5. The summed E-state index contributed by atoms with van der Waals surface area (Å²) in [4.78, 5) is 24.7. The van der Waals surface area contributed by atoms with Crippen LogP contribution in [0.25, 0.3) is 6.08 Å². The summed E-state index contributed by atoms with van der Waals surface area (Å²) in [7, 11) is 0. The Hall–Kier alpha value is -3.63. The van der Waals surface area contributed by atoms with Gasteiger partial charge in [-0.3, -0.25) is 9.59 Å². The number of carbonyl (C=O) groups excluding carboxylic acids is 2. The smallest absolute Gasteiger partial charge is 0.315 e. The van der Waals surface area contributed by atoms with E-state index in [1.807, 2.05) is 36.4 Å². The fraction of sp³-hybridized carbons (Fsp3) is 0.0400. The van der Waals surface area contributed by atoms with Crippen LogP contribution in [0.3, 0.4) is 0 Å². The van der Waals surface area contributed by atoms with Crippen LogP contribution in [0.2, 0.25) is 5.02 Å². The molecule has 0 aromatic heterocycles. The van der Waals surface area contributed by atoms with Crippen LogP contribution in [0, 0.1) is 0 Å². The predicted octanol–water partition coefficient (Wildman–Crippen LogP) is 5.66. The normalized spacial score (nSPS) is 14.0. The standard InChI is InChI=1S/C25H17ClO4/c26-19-11-9-18(10-12-19)15-24(27)29-20-13-14-21-23(16-20)30-22(25(21)28)8-4-7-17-5-2-1-3-6-17/h1-14,16H,15H2/b7-4+,22-8-. The third-order valence-corrected chi connectivity index (χ3v) is 4.72. The monoisotopic (exact) mass is 416 g/mol. The predicted molar refractivity (Wildman–Crippen MR) is 116 cm³/mol. The van der Waals surface area contributed by atoms with Gasteiger partial charge in [0.1, 0.15) is 11.5 Å². The molecule has 0 amide bonds. The van der Waals surface area contributed by atoms with Gasteiger partial charge >= 0.3 is 5.97 Å². The molecule has 4 rings (SSSR count). The molecule has 3 aromatic rings. The molecule has 0 bridgehead atoms. The van der Waals surface area contributed by atoms with Gasteiger partial charge in [-0.05, 0) is 41.5 Å². The molecule has 0 saturated heterocycles. The highest BCUT2D eigenvalue weighted by Crippen LogP contribution is 2.34. The van der Waals surface area contributed by atoms with Gasteiger partial charge in [0.05, 0.1) is 12.0 Å². The summed E-state index contributed by atoms with van der Waals surface area (Å²) >= 11 is 5.85. The number of allylic oxidation sites excluding steroid dienone is 3. The topological polar surface area (TPSA) is 52.6 Å². The minimum Gasteiger partial charge on any atom is -0.452 e. The molecular formula is C25H17ClO4. The quantitative estimate of drug-likeness (QED) is 0.306. The Bertz CT molecular complexity index is 1150. The lowest BCUT2D eigenvalue weighted by atomic mass is 10.1. The molecule has 1 heterocycles. The maximum Gasteiger partial charge on any atom is 0.315 e. The molecule has 5 heteroatoms. The lowest BCUT2D eigenvalue weighted by Crippen LogP contribution is -2.11. The molecule has 0 saturated carbocycles. The van der Waals surface area contributed by atoms with Crippen LogP contribution >= 0.6 is 11.6 Å². The van der Waals surface area contributed by atoms with E-state index < -0.39 is 5.97 Å². The minimum atomic E-state index is -0.414. The summed E-state index contributed by atoms with van der Waals surface area (Å²) < 4.78 is 11.1. The third-order valence-electron chi connectivity index (χ3n) is 4.47. The number of benzene rings is 3. The third kappa shape index (κ3) is 4.67. The van der Waals surface area contributed by atoms with E-state index in [0.29, 0.717) is 22.1 Å². The van der Waals surface area contributed by atoms with E-state index in [9.17, 15) is 9.59 Å². The van der Waals surface area contributed by atoms with Crippen LogP contribution in [-0.4, -0.2) is 11.8 Å². The van der Waals surface area contributed by atoms with E-state index >= 15 is 0 Å². The molecule has 3 aromatic carbocycles. The van der Waals surface area contributed by atoms with Gasteiger partial charge in [-0.25, -0.2) is 0 Å². The van der Waals surface area contributed by atoms with Gasteiger partial charge in [0.2, 0.25) is 5.78 Å². The molecule has 0 atom stereocenters. The van der Waals surface area contributed by atoms with E-state index in [-0.39, 0.29) is 18.0 Å². The highest BCUT2D eigenvalue weighted by molar-refractivity contribution is 6.30. The molecule has 0 aliphatic carbocycles. The van der Waals surface area contributed by atoms with Crippen molar-refractivity contribution in [1.29, 1.82) is 0 Å². The summed E-state index contributed by atoms with van der Waals surface area (Å²) in [6.07, 6.45) is 5.39. The van der Waals surface area contributed by atoms with Gasteiger partial charge in [0.15, 0.2) is 5.76 Å². The van der Waals surface area contributed by atoms with Crippen LogP contribution < -0.4 is 9.47 Å². The molecule has 1 aliphatic rings. The second-order valence-electron chi connectivity index (χ2n) is 6.67. The van der Waals surface area contributed by atoms with Crippen molar-refractivity contribution >= 4 is 29.4 Å². The zero-order valence-electron chi connectivity index (χ0n) is 15.9. The van der Waals surface area contributed by atoms with Crippen molar-refractivity contribution in [3.05, 3.63) is 112 Å². The molecule has 0 radical (unpaired) electrons. The fourth-order valence-electron chi connectivity index (χ4n) is 2.99. The Balaban J connectivity index is 1.42. The average molecular weight is 417 g/mol. The van der Waals surface area contributed by atoms with Gasteiger partial charge in [0, 0.05) is 11.1 Å². The van der Waals surface area contributed by atoms with E-state index in [0.717, 1.165) is 11.1 Å². The molecule has 0 fully saturated rings. The molecule has 148 valence electrons. The summed E-state index contributed by atoms with van der Waals surface area (Å²) in [5.41, 5.74) is 2.26. The van der Waals surface area contributed by atoms with Crippen LogP contribution in [0.15, 0.2) is 90.7 Å². The molecular weight excluding hydrogens is 400 g/mol. The molecule has 1 aliphatic heterocycles. The first-order valence-corrected chi connectivity index (χ1v) is 9.71. The number of halogens is 1. The zero-order valence-corrected chi connectivity index (χ0v) is 16.6. The van der Waals surface area contributed by atoms with E-state index in [2.05, 4.69) is 0 Å². The van der Waals surface area contributed by atoms with Gasteiger partial charge in [-0.1, -0.05) is 66.2 Å². The van der Waals surface area contributed by atoms with Crippen LogP contribution in [-0.2, 0) is 11.2 Å². The van der Waals surface area contributed by atoms with Gasteiger partial charge in [0.25, 0.3) is 0 Å². The first kappa shape index (κ1) is 19.7. The van der Waals surface area contributed by atoms with Crippen molar-refractivity contribution in [2.24, 2.45) is 0 Å². The Morgan fingerprint density at radius 1 is 1.00 bits per heavy atom. The van der Waals surface area contributed by atoms with Gasteiger partial charge in [-0.2, -0.15) is 0 Å². The minimum absolute atomic E-state index is 0.115. The summed E-state index contributed by atoms with van der Waals surface area (Å²) in [5, 5.41) is 0.607. The van der Waals surface area contributed by atoms with Gasteiger partial charge < -0.3 is 9.47 Å². The highest BCUT2D eigenvalue weighted by atomic mass is 35.5. The zero-order chi connectivity index (χ0) is 20.9. The number of rotatable bonds is 5. The number of hydrogen-bond donors (Lipinski definition) is 0. The van der Waals surface area contributed by atoms with Crippen molar-refractivity contribution < 1.29 is 19.1 Å².